The minimum absolute atomic E-state index is 0.214. The van der Waals surface area contributed by atoms with Gasteiger partial charge in [-0.3, -0.25) is 4.79 Å². The van der Waals surface area contributed by atoms with Crippen LogP contribution in [0.2, 0.25) is 5.15 Å². The van der Waals surface area contributed by atoms with Gasteiger partial charge < -0.3 is 11.1 Å². The zero-order chi connectivity index (χ0) is 13.1. The van der Waals surface area contributed by atoms with E-state index in [-0.39, 0.29) is 22.3 Å². The zero-order valence-corrected chi connectivity index (χ0v) is 10.4. The van der Waals surface area contributed by atoms with E-state index in [4.69, 9.17) is 17.3 Å². The number of pyridine rings is 2. The molecule has 2 heterocycles. The fourth-order valence-electron chi connectivity index (χ4n) is 1.36. The molecule has 2 aromatic rings. The van der Waals surface area contributed by atoms with Crippen LogP contribution in [-0.2, 0) is 0 Å². The van der Waals surface area contributed by atoms with Crippen molar-refractivity contribution in [2.24, 2.45) is 0 Å². The lowest BCUT2D eigenvalue weighted by molar-refractivity contribution is 0.102. The molecule has 0 unspecified atom stereocenters. The predicted octanol–water partition coefficient (Wildman–Crippen LogP) is 2.27. The van der Waals surface area contributed by atoms with Crippen molar-refractivity contribution >= 4 is 29.0 Å². The molecule has 2 aromatic heterocycles. The SMILES string of the molecule is Cc1ccc(NC(=O)c2cc(Cl)ncc2N)nc1. The molecule has 0 saturated heterocycles. The largest absolute Gasteiger partial charge is 0.397 e. The average Bonchev–Trinajstić information content (AvgIpc) is 2.35. The van der Waals surface area contributed by atoms with Crippen molar-refractivity contribution in [1.82, 2.24) is 9.97 Å². The van der Waals surface area contributed by atoms with Crippen molar-refractivity contribution in [3.8, 4) is 0 Å². The first kappa shape index (κ1) is 12.3. The van der Waals surface area contributed by atoms with Gasteiger partial charge in [0.25, 0.3) is 5.91 Å². The summed E-state index contributed by atoms with van der Waals surface area (Å²) in [4.78, 5) is 19.8. The number of nitrogens with two attached hydrogens (primary N) is 1. The Kier molecular flexibility index (Phi) is 3.43. The maximum Gasteiger partial charge on any atom is 0.259 e. The number of nitrogens with one attached hydrogen (secondary N) is 1. The van der Waals surface area contributed by atoms with Crippen molar-refractivity contribution in [3.63, 3.8) is 0 Å². The molecule has 3 N–H and O–H groups in total. The number of nitrogens with zero attached hydrogens (tertiary/aromatic N) is 2. The van der Waals surface area contributed by atoms with E-state index in [1.807, 2.05) is 13.0 Å². The summed E-state index contributed by atoms with van der Waals surface area (Å²) in [6.45, 7) is 1.92. The lowest BCUT2D eigenvalue weighted by Gasteiger charge is -2.07. The summed E-state index contributed by atoms with van der Waals surface area (Å²) >= 11 is 5.72. The van der Waals surface area contributed by atoms with Crippen LogP contribution in [0.5, 0.6) is 0 Å². The smallest absolute Gasteiger partial charge is 0.259 e. The van der Waals surface area contributed by atoms with Crippen molar-refractivity contribution in [2.75, 3.05) is 11.1 Å². The van der Waals surface area contributed by atoms with Crippen LogP contribution < -0.4 is 11.1 Å². The van der Waals surface area contributed by atoms with Gasteiger partial charge in [-0.2, -0.15) is 0 Å². The van der Waals surface area contributed by atoms with E-state index < -0.39 is 0 Å². The topological polar surface area (TPSA) is 80.9 Å². The third-order valence-corrected chi connectivity index (χ3v) is 2.51. The molecule has 18 heavy (non-hydrogen) atoms. The van der Waals surface area contributed by atoms with Gasteiger partial charge in [0.2, 0.25) is 0 Å². The molecule has 5 nitrogen and oxygen atoms in total. The number of hydrogen-bond acceptors (Lipinski definition) is 4. The third kappa shape index (κ3) is 2.75. The van der Waals surface area contributed by atoms with Gasteiger partial charge in [-0.25, -0.2) is 9.97 Å². The maximum atomic E-state index is 12.0. The van der Waals surface area contributed by atoms with Gasteiger partial charge in [-0.15, -0.1) is 0 Å². The van der Waals surface area contributed by atoms with Gasteiger partial charge in [-0.05, 0) is 24.6 Å². The molecule has 0 saturated carbocycles. The highest BCUT2D eigenvalue weighted by atomic mass is 35.5. The van der Waals surface area contributed by atoms with E-state index in [9.17, 15) is 4.79 Å². The Morgan fingerprint density at radius 2 is 2.11 bits per heavy atom. The first-order valence-electron chi connectivity index (χ1n) is 5.21. The highest BCUT2D eigenvalue weighted by molar-refractivity contribution is 6.30. The van der Waals surface area contributed by atoms with E-state index in [0.717, 1.165) is 5.56 Å². The second-order valence-corrected chi connectivity index (χ2v) is 4.16. The lowest BCUT2D eigenvalue weighted by Crippen LogP contribution is -2.15. The first-order chi connectivity index (χ1) is 8.56. The molecule has 0 spiro atoms. The number of rotatable bonds is 2. The van der Waals surface area contributed by atoms with E-state index in [2.05, 4.69) is 15.3 Å². The van der Waals surface area contributed by atoms with Crippen molar-refractivity contribution in [1.29, 1.82) is 0 Å². The highest BCUT2D eigenvalue weighted by Crippen LogP contribution is 2.16. The van der Waals surface area contributed by atoms with Crippen molar-refractivity contribution < 1.29 is 4.79 Å². The number of halogens is 1. The summed E-state index contributed by atoms with van der Waals surface area (Å²) in [6, 6.07) is 4.98. The molecule has 0 bridgehead atoms. The van der Waals surface area contributed by atoms with Crippen LogP contribution in [0, 0.1) is 6.92 Å². The minimum atomic E-state index is -0.367. The number of carbonyl (C=O) groups excluding carboxylic acids is 1. The summed E-state index contributed by atoms with van der Waals surface area (Å²) < 4.78 is 0. The number of carbonyl (C=O) groups is 1. The van der Waals surface area contributed by atoms with Gasteiger partial charge in [0, 0.05) is 6.20 Å². The summed E-state index contributed by atoms with van der Waals surface area (Å²) in [6.07, 6.45) is 3.01. The standard InChI is InChI=1S/C12H11ClN4O/c1-7-2-3-11(16-5-7)17-12(18)8-4-10(13)15-6-9(8)14/h2-6H,14H2,1H3,(H,16,17,18). The number of aryl methyl sites for hydroxylation is 1. The lowest BCUT2D eigenvalue weighted by atomic mass is 10.2. The van der Waals surface area contributed by atoms with E-state index >= 15 is 0 Å². The Balaban J connectivity index is 2.21. The van der Waals surface area contributed by atoms with Crippen LogP contribution in [0.4, 0.5) is 11.5 Å². The number of amides is 1. The molecule has 0 aromatic carbocycles. The summed E-state index contributed by atoms with van der Waals surface area (Å²) in [5.41, 5.74) is 7.22. The van der Waals surface area contributed by atoms with Gasteiger partial charge in [0.1, 0.15) is 11.0 Å². The number of anilines is 2. The molecule has 0 aliphatic heterocycles. The average molecular weight is 263 g/mol. The molecule has 1 amide bonds. The van der Waals surface area contributed by atoms with Crippen molar-refractivity contribution in [2.45, 2.75) is 6.92 Å². The highest BCUT2D eigenvalue weighted by Gasteiger charge is 2.11. The zero-order valence-electron chi connectivity index (χ0n) is 9.64. The quantitative estimate of drug-likeness (QED) is 0.814. The van der Waals surface area contributed by atoms with Gasteiger partial charge in [-0.1, -0.05) is 17.7 Å². The van der Waals surface area contributed by atoms with Crippen molar-refractivity contribution in [3.05, 3.63) is 46.9 Å². The van der Waals surface area contributed by atoms with Crippen LogP contribution in [0.1, 0.15) is 15.9 Å². The van der Waals surface area contributed by atoms with E-state index in [0.29, 0.717) is 5.82 Å². The number of hydrogen-bond donors (Lipinski definition) is 2. The maximum absolute atomic E-state index is 12.0. The second-order valence-electron chi connectivity index (χ2n) is 3.77. The number of aromatic nitrogens is 2. The number of nitrogen functional groups attached to an aromatic ring is 1. The molecule has 0 fully saturated rings. The Hall–Kier alpha value is -2.14. The molecule has 6 heteroatoms. The monoisotopic (exact) mass is 262 g/mol. The minimum Gasteiger partial charge on any atom is -0.397 e. The van der Waals surface area contributed by atoms with Crippen LogP contribution in [-0.4, -0.2) is 15.9 Å². The Morgan fingerprint density at radius 1 is 1.33 bits per heavy atom. The molecule has 92 valence electrons. The summed E-state index contributed by atoms with van der Waals surface area (Å²) in [5.74, 6) is 0.0890. The summed E-state index contributed by atoms with van der Waals surface area (Å²) in [7, 11) is 0. The van der Waals surface area contributed by atoms with Gasteiger partial charge in [0.05, 0.1) is 17.4 Å². The Labute approximate surface area is 109 Å². The summed E-state index contributed by atoms with van der Waals surface area (Å²) in [5, 5.41) is 2.85. The molecule has 0 aliphatic rings. The second kappa shape index (κ2) is 5.01. The van der Waals surface area contributed by atoms with E-state index in [1.54, 1.807) is 12.3 Å². The molecular formula is C12H11ClN4O. The molecule has 0 atom stereocenters. The fraction of sp³-hybridized carbons (Fsp3) is 0.0833. The fourth-order valence-corrected chi connectivity index (χ4v) is 1.52. The van der Waals surface area contributed by atoms with E-state index in [1.165, 1.54) is 12.3 Å². The van der Waals surface area contributed by atoms with Crippen LogP contribution >= 0.6 is 11.6 Å². The van der Waals surface area contributed by atoms with Crippen LogP contribution in [0.25, 0.3) is 0 Å². The predicted molar refractivity (Wildman–Crippen MR) is 70.6 cm³/mol. The van der Waals surface area contributed by atoms with Gasteiger partial charge >= 0.3 is 0 Å². The van der Waals surface area contributed by atoms with Crippen LogP contribution in [0.3, 0.4) is 0 Å². The molecular weight excluding hydrogens is 252 g/mol. The molecule has 2 rings (SSSR count). The normalized spacial score (nSPS) is 10.1. The van der Waals surface area contributed by atoms with Gasteiger partial charge in [0.15, 0.2) is 0 Å². The molecule has 0 aliphatic carbocycles. The Morgan fingerprint density at radius 3 is 2.78 bits per heavy atom. The first-order valence-corrected chi connectivity index (χ1v) is 5.59. The Bertz CT molecular complexity index is 583. The van der Waals surface area contributed by atoms with Crippen LogP contribution in [0.15, 0.2) is 30.6 Å². The molecule has 0 radical (unpaired) electrons. The third-order valence-electron chi connectivity index (χ3n) is 2.30.